The number of aromatic nitrogens is 1. The van der Waals surface area contributed by atoms with Gasteiger partial charge in [0.1, 0.15) is 17.5 Å². The molecule has 3 aliphatic rings. The molecule has 1 saturated carbocycles. The fourth-order valence-corrected chi connectivity index (χ4v) is 5.08. The largest absolute Gasteiger partial charge is 0.503 e. The van der Waals surface area contributed by atoms with Crippen molar-refractivity contribution in [3.63, 3.8) is 0 Å². The Bertz CT molecular complexity index is 1160. The van der Waals surface area contributed by atoms with E-state index < -0.39 is 22.8 Å². The molecule has 2 aliphatic heterocycles. The number of nitrogens with two attached hydrogens (primary N) is 1. The van der Waals surface area contributed by atoms with Crippen LogP contribution in [-0.2, 0) is 13.1 Å². The van der Waals surface area contributed by atoms with Gasteiger partial charge in [-0.05, 0) is 31.2 Å². The Balaban J connectivity index is 1.50. The van der Waals surface area contributed by atoms with E-state index in [1.807, 2.05) is 4.90 Å². The van der Waals surface area contributed by atoms with Crippen molar-refractivity contribution in [2.75, 3.05) is 0 Å². The molecule has 30 heavy (non-hydrogen) atoms. The van der Waals surface area contributed by atoms with Gasteiger partial charge in [-0.3, -0.25) is 14.6 Å². The number of amidine groups is 1. The molecule has 2 aromatic rings. The second-order valence-electron chi connectivity index (χ2n) is 8.17. The summed E-state index contributed by atoms with van der Waals surface area (Å²) in [4.78, 5) is 31.5. The number of carbonyl (C=O) groups excluding carboxylic acids is 1. The first kappa shape index (κ1) is 18.8. The van der Waals surface area contributed by atoms with E-state index in [0.29, 0.717) is 12.5 Å². The number of aromatic hydroxyl groups is 1. The van der Waals surface area contributed by atoms with Crippen LogP contribution in [0, 0.1) is 17.6 Å². The lowest BCUT2D eigenvalue weighted by atomic mass is 9.95. The number of hydrogen-bond donors (Lipinski definition) is 2. The van der Waals surface area contributed by atoms with E-state index in [0.717, 1.165) is 31.4 Å². The zero-order chi connectivity index (χ0) is 21.2. The molecule has 2 bridgehead atoms. The highest BCUT2D eigenvalue weighted by atomic mass is 19.1. The van der Waals surface area contributed by atoms with Crippen molar-refractivity contribution >= 4 is 11.7 Å². The van der Waals surface area contributed by atoms with Crippen LogP contribution in [-0.4, -0.2) is 38.4 Å². The highest BCUT2D eigenvalue weighted by Gasteiger charge is 2.51. The molecule has 3 N–H and O–H groups in total. The highest BCUT2D eigenvalue weighted by molar-refractivity contribution is 6.00. The molecule has 1 aromatic carbocycles. The van der Waals surface area contributed by atoms with E-state index in [1.165, 1.54) is 12.3 Å². The number of benzene rings is 1. The van der Waals surface area contributed by atoms with Crippen LogP contribution in [0.5, 0.6) is 5.75 Å². The molecule has 3 heterocycles. The Labute approximate surface area is 170 Å². The third-order valence-electron chi connectivity index (χ3n) is 6.53. The van der Waals surface area contributed by atoms with Crippen LogP contribution in [0.15, 0.2) is 34.2 Å². The van der Waals surface area contributed by atoms with Crippen LogP contribution in [0.3, 0.4) is 0 Å². The van der Waals surface area contributed by atoms with Crippen LogP contribution in [0.4, 0.5) is 8.78 Å². The number of halogens is 2. The van der Waals surface area contributed by atoms with Gasteiger partial charge in [0, 0.05) is 30.4 Å². The van der Waals surface area contributed by atoms with Crippen LogP contribution >= 0.6 is 0 Å². The van der Waals surface area contributed by atoms with Crippen molar-refractivity contribution in [1.29, 1.82) is 0 Å². The van der Waals surface area contributed by atoms with Crippen molar-refractivity contribution in [3.8, 4) is 5.75 Å². The molecule has 1 aromatic heterocycles. The van der Waals surface area contributed by atoms with Crippen LogP contribution in [0.2, 0.25) is 0 Å². The third-order valence-corrected chi connectivity index (χ3v) is 6.53. The molecule has 7 nitrogen and oxygen atoms in total. The first-order valence-electron chi connectivity index (χ1n) is 9.88. The number of pyridine rings is 1. The van der Waals surface area contributed by atoms with Gasteiger partial charge in [0.15, 0.2) is 11.4 Å². The van der Waals surface area contributed by atoms with Gasteiger partial charge in [0.25, 0.3) is 5.91 Å². The Morgan fingerprint density at radius 2 is 2.07 bits per heavy atom. The number of piperidine rings is 1. The SMILES string of the molecule is NC(=NCc1ccc(F)cc1F)c1cn2c(c(O)c1=O)C(=O)N1[C@@H]3CC[C@@H](C3)[C@@H]1C2. The normalized spacial score (nSPS) is 24.9. The molecule has 0 unspecified atom stereocenters. The zero-order valence-corrected chi connectivity index (χ0v) is 16.0. The number of fused-ring (bicyclic) bond motifs is 6. The Morgan fingerprint density at radius 3 is 2.83 bits per heavy atom. The lowest BCUT2D eigenvalue weighted by Crippen LogP contribution is -2.52. The molecule has 9 heteroatoms. The van der Waals surface area contributed by atoms with Gasteiger partial charge in [-0.15, -0.1) is 0 Å². The Hall–Kier alpha value is -3.23. The van der Waals surface area contributed by atoms with E-state index >= 15 is 0 Å². The zero-order valence-electron chi connectivity index (χ0n) is 16.0. The maximum atomic E-state index is 13.8. The minimum Gasteiger partial charge on any atom is -0.503 e. The molecular weight excluding hydrogens is 394 g/mol. The standard InChI is InChI=1S/C21H20F2N4O3/c22-12-3-1-11(15(23)6-12)7-25-20(24)14-8-26-9-16-10-2-4-13(5-10)27(16)21(30)17(26)19(29)18(14)28/h1,3,6,8,10,13,16,29H,2,4-5,7,9H2,(H2,24,25)/t10-,13+,16-/m0/s1. The number of hydrogen-bond acceptors (Lipinski definition) is 4. The van der Waals surface area contributed by atoms with Crippen molar-refractivity contribution in [2.24, 2.45) is 16.6 Å². The van der Waals surface area contributed by atoms with Crippen molar-refractivity contribution < 1.29 is 18.7 Å². The highest BCUT2D eigenvalue weighted by Crippen LogP contribution is 2.45. The van der Waals surface area contributed by atoms with Crippen molar-refractivity contribution in [1.82, 2.24) is 9.47 Å². The van der Waals surface area contributed by atoms with E-state index in [4.69, 9.17) is 5.73 Å². The molecule has 0 radical (unpaired) electrons. The summed E-state index contributed by atoms with van der Waals surface area (Å²) in [5.74, 6) is -2.21. The van der Waals surface area contributed by atoms with E-state index in [1.54, 1.807) is 4.57 Å². The van der Waals surface area contributed by atoms with Gasteiger partial charge in [-0.25, -0.2) is 8.78 Å². The fraction of sp³-hybridized carbons (Fsp3) is 0.381. The van der Waals surface area contributed by atoms with Crippen LogP contribution in [0.1, 0.15) is 40.9 Å². The van der Waals surface area contributed by atoms with Crippen LogP contribution in [0.25, 0.3) is 0 Å². The summed E-state index contributed by atoms with van der Waals surface area (Å²) in [6, 6.07) is 3.32. The molecule has 156 valence electrons. The van der Waals surface area contributed by atoms with E-state index in [9.17, 15) is 23.5 Å². The average molecular weight is 414 g/mol. The monoisotopic (exact) mass is 414 g/mol. The lowest BCUT2D eigenvalue weighted by Gasteiger charge is -2.40. The molecule has 5 rings (SSSR count). The summed E-state index contributed by atoms with van der Waals surface area (Å²) in [6.45, 7) is 0.280. The maximum absolute atomic E-state index is 13.8. The van der Waals surface area contributed by atoms with Gasteiger partial charge in [-0.1, -0.05) is 6.07 Å². The smallest absolute Gasteiger partial charge is 0.275 e. The number of nitrogens with zero attached hydrogens (tertiary/aromatic N) is 3. The minimum absolute atomic E-state index is 0.0232. The Kier molecular flexibility index (Phi) is 4.16. The van der Waals surface area contributed by atoms with Gasteiger partial charge >= 0.3 is 0 Å². The summed E-state index contributed by atoms with van der Waals surface area (Å²) in [5.41, 5.74) is 5.21. The van der Waals surface area contributed by atoms with Crippen molar-refractivity contribution in [2.45, 2.75) is 44.4 Å². The second-order valence-corrected chi connectivity index (χ2v) is 8.17. The topological polar surface area (TPSA) is 101 Å². The number of amides is 1. The minimum atomic E-state index is -0.793. The van der Waals surface area contributed by atoms with Gasteiger partial charge in [-0.2, -0.15) is 0 Å². The lowest BCUT2D eigenvalue weighted by molar-refractivity contribution is 0.0483. The summed E-state index contributed by atoms with van der Waals surface area (Å²) in [5, 5.41) is 10.5. The molecule has 1 aliphatic carbocycles. The van der Waals surface area contributed by atoms with E-state index in [-0.39, 0.29) is 47.2 Å². The summed E-state index contributed by atoms with van der Waals surface area (Å²) < 4.78 is 28.4. The van der Waals surface area contributed by atoms with Gasteiger partial charge in [0.05, 0.1) is 18.2 Å². The molecule has 3 atom stereocenters. The Morgan fingerprint density at radius 1 is 1.27 bits per heavy atom. The van der Waals surface area contributed by atoms with Gasteiger partial charge < -0.3 is 20.3 Å². The molecule has 1 amide bonds. The van der Waals surface area contributed by atoms with Crippen molar-refractivity contribution in [3.05, 3.63) is 63.1 Å². The summed E-state index contributed by atoms with van der Waals surface area (Å²) >= 11 is 0. The maximum Gasteiger partial charge on any atom is 0.275 e. The number of carbonyl (C=O) groups is 1. The van der Waals surface area contributed by atoms with E-state index in [2.05, 4.69) is 4.99 Å². The second kappa shape index (κ2) is 6.65. The summed E-state index contributed by atoms with van der Waals surface area (Å²) in [7, 11) is 0. The summed E-state index contributed by atoms with van der Waals surface area (Å²) in [6.07, 6.45) is 4.42. The third kappa shape index (κ3) is 2.72. The average Bonchev–Trinajstić information content (AvgIpc) is 3.32. The number of aliphatic imine (C=N–C) groups is 1. The van der Waals surface area contributed by atoms with Gasteiger partial charge in [0.2, 0.25) is 5.43 Å². The first-order chi connectivity index (χ1) is 14.3. The molecule has 0 spiro atoms. The molecular formula is C21H20F2N4O3. The predicted molar refractivity (Wildman–Crippen MR) is 104 cm³/mol. The molecule has 1 saturated heterocycles. The quantitative estimate of drug-likeness (QED) is 0.590. The number of rotatable bonds is 3. The predicted octanol–water partition coefficient (Wildman–Crippen LogP) is 1.74. The first-order valence-corrected chi connectivity index (χ1v) is 9.88. The van der Waals surface area contributed by atoms with Crippen LogP contribution < -0.4 is 11.2 Å². The molecule has 2 fully saturated rings. The fourth-order valence-electron chi connectivity index (χ4n) is 5.08.